The zero-order chi connectivity index (χ0) is 21.7. The highest BCUT2D eigenvalue weighted by atomic mass is 19.1. The number of anilines is 1. The summed E-state index contributed by atoms with van der Waals surface area (Å²) in [5, 5.41) is 13.7. The fourth-order valence-corrected chi connectivity index (χ4v) is 2.37. The number of nitrogens with one attached hydrogen (secondary N) is 1. The number of nitro groups is 1. The van der Waals surface area contributed by atoms with Gasteiger partial charge < -0.3 is 19.5 Å². The number of benzene rings is 2. The van der Waals surface area contributed by atoms with E-state index in [1.165, 1.54) is 33.3 Å². The molecule has 0 aliphatic heterocycles. The number of nitrogens with zero attached hydrogens (tertiary/aromatic N) is 1. The van der Waals surface area contributed by atoms with Crippen molar-refractivity contribution in [3.63, 3.8) is 0 Å². The lowest BCUT2D eigenvalue weighted by Gasteiger charge is -2.15. The zero-order valence-corrected chi connectivity index (χ0v) is 16.1. The van der Waals surface area contributed by atoms with Crippen molar-refractivity contribution in [2.45, 2.75) is 20.0 Å². The van der Waals surface area contributed by atoms with E-state index in [0.717, 1.165) is 18.2 Å². The van der Waals surface area contributed by atoms with E-state index in [-0.39, 0.29) is 17.2 Å². The molecule has 0 aliphatic carbocycles. The number of nitro benzene ring substituents is 1. The van der Waals surface area contributed by atoms with E-state index >= 15 is 0 Å². The average molecular weight is 406 g/mol. The summed E-state index contributed by atoms with van der Waals surface area (Å²) in [4.78, 5) is 35.2. The maximum atomic E-state index is 13.6. The molecule has 29 heavy (non-hydrogen) atoms. The first-order valence-corrected chi connectivity index (χ1v) is 8.36. The van der Waals surface area contributed by atoms with Crippen molar-refractivity contribution < 1.29 is 33.1 Å². The van der Waals surface area contributed by atoms with E-state index in [2.05, 4.69) is 5.32 Å². The van der Waals surface area contributed by atoms with Crippen molar-refractivity contribution in [3.8, 4) is 11.5 Å². The Morgan fingerprint density at radius 1 is 1.14 bits per heavy atom. The van der Waals surface area contributed by atoms with Crippen LogP contribution in [0.2, 0.25) is 0 Å². The predicted molar refractivity (Wildman–Crippen MR) is 101 cm³/mol. The normalized spacial score (nSPS) is 11.3. The number of ether oxygens (including phenoxy) is 3. The van der Waals surface area contributed by atoms with Crippen molar-refractivity contribution in [2.24, 2.45) is 0 Å². The highest BCUT2D eigenvalue weighted by molar-refractivity contribution is 5.99. The lowest BCUT2D eigenvalue weighted by molar-refractivity contribution is -0.385. The minimum Gasteiger partial charge on any atom is -0.493 e. The van der Waals surface area contributed by atoms with E-state index in [4.69, 9.17) is 14.2 Å². The van der Waals surface area contributed by atoms with Crippen LogP contribution in [0, 0.1) is 22.9 Å². The van der Waals surface area contributed by atoms with Gasteiger partial charge in [-0.25, -0.2) is 9.18 Å². The molecule has 1 N–H and O–H groups in total. The molecule has 1 amide bonds. The Morgan fingerprint density at radius 3 is 2.31 bits per heavy atom. The Labute approximate surface area is 165 Å². The van der Waals surface area contributed by atoms with Crippen molar-refractivity contribution in [2.75, 3.05) is 19.5 Å². The SMILES string of the molecule is COc1cc(C(=O)O[C@H](C)C(=O)Nc2ccc(C)c(F)c2)c([N+](=O)[O-])cc1OC. The zero-order valence-electron chi connectivity index (χ0n) is 16.1. The number of aryl methyl sites for hydroxylation is 1. The molecule has 0 saturated carbocycles. The third kappa shape index (κ3) is 4.98. The van der Waals surface area contributed by atoms with Crippen LogP contribution >= 0.6 is 0 Å². The van der Waals surface area contributed by atoms with Crippen LogP contribution in [-0.2, 0) is 9.53 Å². The van der Waals surface area contributed by atoms with Crippen LogP contribution in [0.3, 0.4) is 0 Å². The first kappa shape index (κ1) is 21.6. The monoisotopic (exact) mass is 406 g/mol. The van der Waals surface area contributed by atoms with Crippen molar-refractivity contribution in [1.29, 1.82) is 0 Å². The molecule has 0 aliphatic rings. The molecule has 0 aromatic heterocycles. The lowest BCUT2D eigenvalue weighted by Crippen LogP contribution is -2.30. The van der Waals surface area contributed by atoms with Crippen molar-refractivity contribution in [1.82, 2.24) is 0 Å². The molecule has 154 valence electrons. The third-order valence-corrected chi connectivity index (χ3v) is 4.01. The maximum absolute atomic E-state index is 13.6. The largest absolute Gasteiger partial charge is 0.493 e. The first-order valence-electron chi connectivity index (χ1n) is 8.36. The van der Waals surface area contributed by atoms with Gasteiger partial charge in [0.15, 0.2) is 17.6 Å². The molecule has 0 radical (unpaired) electrons. The summed E-state index contributed by atoms with van der Waals surface area (Å²) in [6, 6.07) is 6.22. The van der Waals surface area contributed by atoms with Crippen LogP contribution in [0.4, 0.5) is 15.8 Å². The van der Waals surface area contributed by atoms with Crippen molar-refractivity contribution in [3.05, 3.63) is 57.4 Å². The third-order valence-electron chi connectivity index (χ3n) is 4.01. The molecule has 0 spiro atoms. The Balaban J connectivity index is 2.20. The number of halogens is 1. The van der Waals surface area contributed by atoms with Crippen LogP contribution in [-0.4, -0.2) is 37.1 Å². The van der Waals surface area contributed by atoms with Gasteiger partial charge in [0, 0.05) is 11.8 Å². The first-order chi connectivity index (χ1) is 13.7. The molecule has 0 fully saturated rings. The summed E-state index contributed by atoms with van der Waals surface area (Å²) < 4.78 is 28.7. The van der Waals surface area contributed by atoms with Gasteiger partial charge in [-0.15, -0.1) is 0 Å². The highest BCUT2D eigenvalue weighted by Gasteiger charge is 2.28. The van der Waals surface area contributed by atoms with Gasteiger partial charge in [-0.3, -0.25) is 14.9 Å². The molecule has 0 heterocycles. The number of carbonyl (C=O) groups excluding carboxylic acids is 2. The molecule has 2 aromatic carbocycles. The van der Waals surface area contributed by atoms with Crippen LogP contribution in [0.25, 0.3) is 0 Å². The number of amides is 1. The number of hydrogen-bond donors (Lipinski definition) is 1. The predicted octanol–water partition coefficient (Wildman–Crippen LogP) is 3.24. The van der Waals surface area contributed by atoms with E-state index in [1.54, 1.807) is 6.92 Å². The van der Waals surface area contributed by atoms with Gasteiger partial charge in [0.2, 0.25) is 0 Å². The Hall–Kier alpha value is -3.69. The number of esters is 1. The molecule has 2 aromatic rings. The Bertz CT molecular complexity index is 962. The maximum Gasteiger partial charge on any atom is 0.346 e. The quantitative estimate of drug-likeness (QED) is 0.426. The van der Waals surface area contributed by atoms with Gasteiger partial charge >= 0.3 is 5.97 Å². The van der Waals surface area contributed by atoms with Crippen LogP contribution in [0.1, 0.15) is 22.8 Å². The minimum absolute atomic E-state index is 0.0583. The van der Waals surface area contributed by atoms with Gasteiger partial charge in [-0.2, -0.15) is 0 Å². The summed E-state index contributed by atoms with van der Waals surface area (Å²) in [7, 11) is 2.59. The number of carbonyl (C=O) groups is 2. The number of hydrogen-bond acceptors (Lipinski definition) is 7. The molecular weight excluding hydrogens is 387 g/mol. The average Bonchev–Trinajstić information content (AvgIpc) is 2.69. The lowest BCUT2D eigenvalue weighted by atomic mass is 10.1. The smallest absolute Gasteiger partial charge is 0.346 e. The second-order valence-corrected chi connectivity index (χ2v) is 5.98. The second kappa shape index (κ2) is 9.00. The number of methoxy groups -OCH3 is 2. The summed E-state index contributed by atoms with van der Waals surface area (Å²) in [6.45, 7) is 2.85. The summed E-state index contributed by atoms with van der Waals surface area (Å²) >= 11 is 0. The van der Waals surface area contributed by atoms with Gasteiger partial charge in [-0.1, -0.05) is 6.07 Å². The van der Waals surface area contributed by atoms with Crippen LogP contribution < -0.4 is 14.8 Å². The minimum atomic E-state index is -1.31. The van der Waals surface area contributed by atoms with E-state index in [1.807, 2.05) is 0 Å². The highest BCUT2D eigenvalue weighted by Crippen LogP contribution is 2.35. The van der Waals surface area contributed by atoms with Crippen molar-refractivity contribution >= 4 is 23.3 Å². The van der Waals surface area contributed by atoms with Gasteiger partial charge in [-0.05, 0) is 31.5 Å². The molecule has 0 unspecified atom stereocenters. The van der Waals surface area contributed by atoms with E-state index in [9.17, 15) is 24.1 Å². The van der Waals surface area contributed by atoms with Crippen LogP contribution in [0.15, 0.2) is 30.3 Å². The molecule has 2 rings (SSSR count). The molecule has 1 atom stereocenters. The van der Waals surface area contributed by atoms with Gasteiger partial charge in [0.05, 0.1) is 25.2 Å². The fraction of sp³-hybridized carbons (Fsp3) is 0.263. The Morgan fingerprint density at radius 2 is 1.76 bits per heavy atom. The molecule has 10 heteroatoms. The number of rotatable bonds is 7. The van der Waals surface area contributed by atoms with Crippen LogP contribution in [0.5, 0.6) is 11.5 Å². The second-order valence-electron chi connectivity index (χ2n) is 5.98. The molecule has 0 bridgehead atoms. The fourth-order valence-electron chi connectivity index (χ4n) is 2.37. The Kier molecular flexibility index (Phi) is 6.71. The standard InChI is InChI=1S/C19H19FN2O7/c1-10-5-6-12(7-14(10)20)21-18(23)11(2)29-19(24)13-8-16(27-3)17(28-4)9-15(13)22(25)26/h5-9,11H,1-4H3,(H,21,23)/t11-/m1/s1. The topological polar surface area (TPSA) is 117 Å². The van der Waals surface area contributed by atoms with E-state index in [0.29, 0.717) is 5.56 Å². The van der Waals surface area contributed by atoms with Gasteiger partial charge in [0.25, 0.3) is 11.6 Å². The van der Waals surface area contributed by atoms with Gasteiger partial charge in [0.1, 0.15) is 11.4 Å². The van der Waals surface area contributed by atoms with E-state index < -0.39 is 40.0 Å². The molecule has 0 saturated heterocycles. The molecule has 9 nitrogen and oxygen atoms in total. The summed E-state index contributed by atoms with van der Waals surface area (Å²) in [5.74, 6) is -2.20. The summed E-state index contributed by atoms with van der Waals surface area (Å²) in [6.07, 6.45) is -1.31. The molecular formula is C19H19FN2O7. The summed E-state index contributed by atoms with van der Waals surface area (Å²) in [5.41, 5.74) is -0.393.